The third kappa shape index (κ3) is 3.46. The highest BCUT2D eigenvalue weighted by Crippen LogP contribution is 2.27. The second kappa shape index (κ2) is 5.71. The van der Waals surface area contributed by atoms with Gasteiger partial charge in [0.15, 0.2) is 0 Å². The van der Waals surface area contributed by atoms with E-state index in [0.717, 1.165) is 0 Å². The number of likely N-dealkylation sites (N-methyl/N-ethyl adjacent to an activating group) is 1. The molecular formula is C11H19F3N4. The Bertz CT molecular complexity index is 375. The van der Waals surface area contributed by atoms with Gasteiger partial charge >= 0.3 is 6.18 Å². The van der Waals surface area contributed by atoms with Crippen molar-refractivity contribution in [2.45, 2.75) is 38.1 Å². The first kappa shape index (κ1) is 15.0. The van der Waals surface area contributed by atoms with Crippen molar-refractivity contribution < 1.29 is 13.2 Å². The van der Waals surface area contributed by atoms with Gasteiger partial charge in [-0.05, 0) is 13.5 Å². The summed E-state index contributed by atoms with van der Waals surface area (Å²) in [6, 6.07) is -2.59. The number of hydrogen-bond acceptors (Lipinski definition) is 3. The Morgan fingerprint density at radius 1 is 1.50 bits per heavy atom. The lowest BCUT2D eigenvalue weighted by Gasteiger charge is -2.33. The maximum Gasteiger partial charge on any atom is 0.405 e. The Balaban J connectivity index is 2.83. The maximum atomic E-state index is 13.0. The average Bonchev–Trinajstić information content (AvgIpc) is 2.62. The van der Waals surface area contributed by atoms with Gasteiger partial charge < -0.3 is 10.3 Å². The van der Waals surface area contributed by atoms with E-state index in [1.807, 2.05) is 0 Å². The Hall–Kier alpha value is -1.08. The van der Waals surface area contributed by atoms with E-state index < -0.39 is 18.3 Å². The zero-order valence-electron chi connectivity index (χ0n) is 10.8. The molecule has 1 heterocycles. The first-order valence-corrected chi connectivity index (χ1v) is 5.76. The minimum absolute atomic E-state index is 0.112. The van der Waals surface area contributed by atoms with Crippen molar-refractivity contribution in [2.75, 3.05) is 7.05 Å². The van der Waals surface area contributed by atoms with Gasteiger partial charge in [-0.2, -0.15) is 13.2 Å². The van der Waals surface area contributed by atoms with Crippen molar-refractivity contribution in [3.8, 4) is 0 Å². The van der Waals surface area contributed by atoms with Gasteiger partial charge in [-0.15, -0.1) is 0 Å². The number of halogens is 3. The molecule has 1 aromatic rings. The Labute approximate surface area is 105 Å². The van der Waals surface area contributed by atoms with Crippen molar-refractivity contribution >= 4 is 0 Å². The van der Waals surface area contributed by atoms with E-state index in [2.05, 4.69) is 4.98 Å². The van der Waals surface area contributed by atoms with Crippen molar-refractivity contribution in [2.24, 2.45) is 12.8 Å². The van der Waals surface area contributed by atoms with Gasteiger partial charge in [0.05, 0.1) is 6.54 Å². The molecule has 104 valence electrons. The summed E-state index contributed by atoms with van der Waals surface area (Å²) in [5.74, 6) is 0.579. The predicted octanol–water partition coefficient (Wildman–Crippen LogP) is 1.52. The minimum Gasteiger partial charge on any atom is -0.337 e. The van der Waals surface area contributed by atoms with E-state index in [9.17, 15) is 13.2 Å². The molecular weight excluding hydrogens is 245 g/mol. The van der Waals surface area contributed by atoms with Crippen LogP contribution in [0.25, 0.3) is 0 Å². The van der Waals surface area contributed by atoms with Gasteiger partial charge in [0, 0.05) is 25.5 Å². The van der Waals surface area contributed by atoms with Gasteiger partial charge in [-0.1, -0.05) is 6.92 Å². The lowest BCUT2D eigenvalue weighted by molar-refractivity contribution is -0.187. The molecule has 18 heavy (non-hydrogen) atoms. The van der Waals surface area contributed by atoms with Crippen LogP contribution < -0.4 is 5.73 Å². The molecule has 0 saturated carbocycles. The highest BCUT2D eigenvalue weighted by molar-refractivity contribution is 4.94. The number of nitrogens with zero attached hydrogens (tertiary/aromatic N) is 3. The van der Waals surface area contributed by atoms with Gasteiger partial charge in [0.2, 0.25) is 0 Å². The van der Waals surface area contributed by atoms with E-state index in [1.54, 1.807) is 30.9 Å². The van der Waals surface area contributed by atoms with Gasteiger partial charge in [0.25, 0.3) is 0 Å². The van der Waals surface area contributed by atoms with Gasteiger partial charge in [-0.3, -0.25) is 4.90 Å². The van der Waals surface area contributed by atoms with E-state index in [1.165, 1.54) is 11.9 Å². The summed E-state index contributed by atoms with van der Waals surface area (Å²) < 4.78 is 40.7. The number of aromatic nitrogens is 2. The van der Waals surface area contributed by atoms with E-state index >= 15 is 0 Å². The van der Waals surface area contributed by atoms with Crippen LogP contribution in [0.1, 0.15) is 19.2 Å². The number of imidazole rings is 1. The zero-order valence-corrected chi connectivity index (χ0v) is 10.8. The number of hydrogen-bond donors (Lipinski definition) is 1. The largest absolute Gasteiger partial charge is 0.405 e. The second-order valence-electron chi connectivity index (χ2n) is 4.43. The molecule has 4 nitrogen and oxygen atoms in total. The lowest BCUT2D eigenvalue weighted by Crippen LogP contribution is -2.54. The maximum absolute atomic E-state index is 13.0. The lowest BCUT2D eigenvalue weighted by atomic mass is 10.0. The van der Waals surface area contributed by atoms with Gasteiger partial charge in [0.1, 0.15) is 11.9 Å². The Kier molecular flexibility index (Phi) is 4.75. The summed E-state index contributed by atoms with van der Waals surface area (Å²) in [7, 11) is 3.17. The summed E-state index contributed by atoms with van der Waals surface area (Å²) in [4.78, 5) is 5.22. The first-order valence-electron chi connectivity index (χ1n) is 5.76. The second-order valence-corrected chi connectivity index (χ2v) is 4.43. The monoisotopic (exact) mass is 264 g/mol. The first-order chi connectivity index (χ1) is 8.27. The molecule has 0 radical (unpaired) electrons. The van der Waals surface area contributed by atoms with E-state index in [4.69, 9.17) is 5.73 Å². The number of nitrogens with two attached hydrogens (primary N) is 1. The molecule has 2 N–H and O–H groups in total. The molecule has 7 heteroatoms. The Morgan fingerprint density at radius 3 is 2.50 bits per heavy atom. The smallest absolute Gasteiger partial charge is 0.337 e. The SMILES string of the molecule is CCC(N)C(N(C)Cc1nccn1C)C(F)(F)F. The fraction of sp³-hybridized carbons (Fsp3) is 0.727. The van der Waals surface area contributed by atoms with Crippen LogP contribution in [-0.2, 0) is 13.6 Å². The molecule has 1 rings (SSSR count). The predicted molar refractivity (Wildman–Crippen MR) is 62.8 cm³/mol. The van der Waals surface area contributed by atoms with E-state index in [-0.39, 0.29) is 13.0 Å². The number of aryl methyl sites for hydroxylation is 1. The molecule has 1 aromatic heterocycles. The summed E-state index contributed by atoms with van der Waals surface area (Å²) in [5.41, 5.74) is 5.58. The molecule has 2 atom stereocenters. The van der Waals surface area contributed by atoms with Crippen LogP contribution in [0.4, 0.5) is 13.2 Å². The number of rotatable bonds is 5. The van der Waals surface area contributed by atoms with Crippen molar-refractivity contribution in [3.63, 3.8) is 0 Å². The minimum atomic E-state index is -4.34. The molecule has 0 aliphatic carbocycles. The highest BCUT2D eigenvalue weighted by atomic mass is 19.4. The van der Waals surface area contributed by atoms with Crippen molar-refractivity contribution in [1.29, 1.82) is 0 Å². The average molecular weight is 264 g/mol. The van der Waals surface area contributed by atoms with Crippen LogP contribution in [0, 0.1) is 0 Å². The highest BCUT2D eigenvalue weighted by Gasteiger charge is 2.45. The molecule has 0 spiro atoms. The molecule has 0 fully saturated rings. The van der Waals surface area contributed by atoms with Crippen LogP contribution in [-0.4, -0.2) is 39.8 Å². The summed E-state index contributed by atoms with van der Waals surface area (Å²) >= 11 is 0. The molecule has 0 aliphatic rings. The van der Waals surface area contributed by atoms with Crippen molar-refractivity contribution in [3.05, 3.63) is 18.2 Å². The standard InChI is InChI=1S/C11H19F3N4/c1-4-8(15)10(11(12,13)14)18(3)7-9-16-5-6-17(9)2/h5-6,8,10H,4,7,15H2,1-3H3. The quantitative estimate of drug-likeness (QED) is 0.877. The molecule has 2 unspecified atom stereocenters. The summed E-state index contributed by atoms with van der Waals surface area (Å²) in [6.45, 7) is 1.76. The molecule has 0 aliphatic heterocycles. The zero-order chi connectivity index (χ0) is 13.9. The van der Waals surface area contributed by atoms with E-state index in [0.29, 0.717) is 5.82 Å². The van der Waals surface area contributed by atoms with Crippen molar-refractivity contribution in [1.82, 2.24) is 14.5 Å². The third-order valence-corrected chi connectivity index (χ3v) is 3.00. The molecule has 0 saturated heterocycles. The molecule has 0 bridgehead atoms. The van der Waals surface area contributed by atoms with Gasteiger partial charge in [-0.25, -0.2) is 4.98 Å². The summed E-state index contributed by atoms with van der Waals surface area (Å²) in [5, 5.41) is 0. The summed E-state index contributed by atoms with van der Waals surface area (Å²) in [6.07, 6.45) is -0.804. The fourth-order valence-corrected chi connectivity index (χ4v) is 1.91. The molecule has 0 amide bonds. The van der Waals surface area contributed by atoms with Crippen LogP contribution in [0.3, 0.4) is 0 Å². The Morgan fingerprint density at radius 2 is 2.11 bits per heavy atom. The van der Waals surface area contributed by atoms with Crippen LogP contribution in [0.2, 0.25) is 0 Å². The van der Waals surface area contributed by atoms with Crippen LogP contribution >= 0.6 is 0 Å². The van der Waals surface area contributed by atoms with Crippen LogP contribution in [0.5, 0.6) is 0 Å². The van der Waals surface area contributed by atoms with Crippen LogP contribution in [0.15, 0.2) is 12.4 Å². The third-order valence-electron chi connectivity index (χ3n) is 3.00. The molecule has 0 aromatic carbocycles. The topological polar surface area (TPSA) is 47.1 Å². The number of alkyl halides is 3. The normalized spacial score (nSPS) is 16.0. The fourth-order valence-electron chi connectivity index (χ4n) is 1.91.